The van der Waals surface area contributed by atoms with Crippen LogP contribution in [0.15, 0.2) is 54.6 Å². The van der Waals surface area contributed by atoms with E-state index in [-0.39, 0.29) is 36.7 Å². The molecule has 256 valence electrons. The van der Waals surface area contributed by atoms with Gasteiger partial charge in [-0.25, -0.2) is 0 Å². The maximum absolute atomic E-state index is 14.8. The fourth-order valence-electron chi connectivity index (χ4n) is 7.84. The minimum atomic E-state index is -1.43. The summed E-state index contributed by atoms with van der Waals surface area (Å²) in [6.45, 7) is 8.57. The Hall–Kier alpha value is -3.50. The Labute approximate surface area is 278 Å². The van der Waals surface area contributed by atoms with Crippen LogP contribution in [0.4, 0.5) is 0 Å². The summed E-state index contributed by atoms with van der Waals surface area (Å²) in [4.78, 5) is 61.9. The van der Waals surface area contributed by atoms with E-state index < -0.39 is 53.7 Å². The Morgan fingerprint density at radius 3 is 2.47 bits per heavy atom. The molecular formula is C37H51N3O7. The second-order valence-electron chi connectivity index (χ2n) is 13.9. The van der Waals surface area contributed by atoms with Crippen molar-refractivity contribution in [3.8, 4) is 0 Å². The van der Waals surface area contributed by atoms with Crippen LogP contribution in [-0.4, -0.2) is 100 Å². The summed E-state index contributed by atoms with van der Waals surface area (Å²) in [6.07, 6.45) is 9.59. The second kappa shape index (κ2) is 14.7. The van der Waals surface area contributed by atoms with E-state index in [2.05, 4.69) is 6.92 Å². The lowest BCUT2D eigenvalue weighted by atomic mass is 9.77. The lowest BCUT2D eigenvalue weighted by Crippen LogP contribution is -2.58. The number of likely N-dealkylation sites (N-methyl/N-ethyl adjacent to an activating group) is 1. The van der Waals surface area contributed by atoms with Crippen LogP contribution in [0, 0.1) is 17.8 Å². The van der Waals surface area contributed by atoms with E-state index in [0.717, 1.165) is 24.8 Å². The van der Waals surface area contributed by atoms with E-state index in [1.165, 1.54) is 4.90 Å². The number of carbonyl (C=O) groups excluding carboxylic acids is 4. The molecule has 1 aromatic carbocycles. The number of likely N-dealkylation sites (tertiary alicyclic amines) is 1. The first-order valence-corrected chi connectivity index (χ1v) is 17.3. The Morgan fingerprint density at radius 1 is 1.04 bits per heavy atom. The van der Waals surface area contributed by atoms with Gasteiger partial charge in [-0.15, -0.1) is 0 Å². The standard InChI is InChI=1S/C37H51N3O7/c1-6-7-13-20-39-21-14-19-37-31(34(43)40(33(37)35(39)44)27(23-41)22-24(2)3)30-28(47-37)17-11-12-18-29(42)38(5)25(4)32(46-36(30)45)26-15-9-8-10-16-26/h8-11,14-17,19,24-25,27-28,30-33,41H,6-7,12-13,18,20-23H2,1-5H3/b17-11-/t25-,27-,28-,30+,31+,32+,33-,37+/m1/s1. The van der Waals surface area contributed by atoms with Crippen LogP contribution in [0.3, 0.4) is 0 Å². The lowest BCUT2D eigenvalue weighted by Gasteiger charge is -2.39. The molecule has 4 heterocycles. The molecule has 0 bridgehead atoms. The van der Waals surface area contributed by atoms with E-state index in [1.807, 2.05) is 69.3 Å². The van der Waals surface area contributed by atoms with Crippen LogP contribution in [-0.2, 0) is 28.7 Å². The number of rotatable bonds is 9. The summed E-state index contributed by atoms with van der Waals surface area (Å²) in [6, 6.07) is 7.14. The molecule has 2 fully saturated rings. The first kappa shape index (κ1) is 34.8. The number of cyclic esters (lactones) is 1. The van der Waals surface area contributed by atoms with Crippen molar-refractivity contribution in [1.82, 2.24) is 14.7 Å². The molecule has 5 rings (SSSR count). The zero-order chi connectivity index (χ0) is 33.9. The molecule has 10 heteroatoms. The molecule has 4 aliphatic heterocycles. The molecule has 4 aliphatic rings. The number of aliphatic hydroxyl groups is 1. The van der Waals surface area contributed by atoms with Gasteiger partial charge in [0, 0.05) is 26.6 Å². The number of benzene rings is 1. The van der Waals surface area contributed by atoms with E-state index >= 15 is 0 Å². The second-order valence-corrected chi connectivity index (χ2v) is 13.9. The number of unbranched alkanes of at least 4 members (excludes halogenated alkanes) is 2. The van der Waals surface area contributed by atoms with Gasteiger partial charge in [0.25, 0.3) is 0 Å². The van der Waals surface area contributed by atoms with Crippen LogP contribution in [0.25, 0.3) is 0 Å². The minimum absolute atomic E-state index is 0.0781. The zero-order valence-corrected chi connectivity index (χ0v) is 28.4. The summed E-state index contributed by atoms with van der Waals surface area (Å²) in [5.41, 5.74) is -0.704. The normalized spacial score (nSPS) is 32.7. The molecule has 1 spiro atoms. The molecule has 1 N–H and O–H groups in total. The summed E-state index contributed by atoms with van der Waals surface area (Å²) >= 11 is 0. The van der Waals surface area contributed by atoms with E-state index in [9.17, 15) is 24.3 Å². The summed E-state index contributed by atoms with van der Waals surface area (Å²) in [7, 11) is 1.71. The fraction of sp³-hybridized carbons (Fsp3) is 0.622. The number of allylic oxidation sites excluding steroid dienone is 1. The molecule has 10 nitrogen and oxygen atoms in total. The van der Waals surface area contributed by atoms with Crippen molar-refractivity contribution >= 4 is 23.7 Å². The zero-order valence-electron chi connectivity index (χ0n) is 28.4. The van der Waals surface area contributed by atoms with Crippen LogP contribution in [0.2, 0.25) is 0 Å². The SMILES string of the molecule is CCCCCN1CC=C[C@]23O[C@@H]4/C=C\CCC(=O)N(C)[C@H](C)[C@@H](c5ccccc5)OC(=O)[C@@H]4[C@H]2C(=O)N([C@@H](CO)CC(C)C)[C@@H]3C1=O. The molecule has 3 amide bonds. The van der Waals surface area contributed by atoms with Crippen LogP contribution >= 0.6 is 0 Å². The van der Waals surface area contributed by atoms with Gasteiger partial charge in [-0.1, -0.05) is 88.2 Å². The Kier molecular flexibility index (Phi) is 10.9. The van der Waals surface area contributed by atoms with Gasteiger partial charge in [-0.3, -0.25) is 19.2 Å². The van der Waals surface area contributed by atoms with Gasteiger partial charge in [0.05, 0.1) is 30.7 Å². The van der Waals surface area contributed by atoms with Crippen molar-refractivity contribution in [2.45, 2.75) is 102 Å². The average molecular weight is 650 g/mol. The third-order valence-corrected chi connectivity index (χ3v) is 10.3. The number of ether oxygens (including phenoxy) is 2. The van der Waals surface area contributed by atoms with Gasteiger partial charge in [-0.2, -0.15) is 0 Å². The van der Waals surface area contributed by atoms with E-state index in [1.54, 1.807) is 22.9 Å². The number of nitrogens with zero attached hydrogens (tertiary/aromatic N) is 3. The molecule has 0 saturated carbocycles. The molecule has 0 unspecified atom stereocenters. The number of hydrogen-bond acceptors (Lipinski definition) is 7. The first-order chi connectivity index (χ1) is 22.5. The van der Waals surface area contributed by atoms with Crippen LogP contribution in [0.1, 0.15) is 77.9 Å². The van der Waals surface area contributed by atoms with Crippen molar-refractivity contribution in [3.05, 3.63) is 60.2 Å². The van der Waals surface area contributed by atoms with Gasteiger partial charge in [0.2, 0.25) is 17.7 Å². The third-order valence-electron chi connectivity index (χ3n) is 10.3. The van der Waals surface area contributed by atoms with Crippen molar-refractivity contribution in [3.63, 3.8) is 0 Å². The smallest absolute Gasteiger partial charge is 0.313 e. The molecule has 8 atom stereocenters. The van der Waals surface area contributed by atoms with Crippen molar-refractivity contribution in [2.24, 2.45) is 17.8 Å². The third kappa shape index (κ3) is 6.64. The van der Waals surface area contributed by atoms with Crippen molar-refractivity contribution in [1.29, 1.82) is 0 Å². The Balaban J connectivity index is 1.61. The Bertz CT molecular complexity index is 1360. The highest BCUT2D eigenvalue weighted by molar-refractivity contribution is 5.99. The molecule has 0 aliphatic carbocycles. The fourth-order valence-corrected chi connectivity index (χ4v) is 7.84. The molecule has 0 radical (unpaired) electrons. The van der Waals surface area contributed by atoms with E-state index in [4.69, 9.17) is 9.47 Å². The number of hydrogen-bond donors (Lipinski definition) is 1. The number of carbonyl (C=O) groups is 4. The monoisotopic (exact) mass is 649 g/mol. The highest BCUT2D eigenvalue weighted by atomic mass is 16.6. The van der Waals surface area contributed by atoms with E-state index in [0.29, 0.717) is 25.9 Å². The van der Waals surface area contributed by atoms with Gasteiger partial charge >= 0.3 is 5.97 Å². The molecule has 2 saturated heterocycles. The highest BCUT2D eigenvalue weighted by Gasteiger charge is 2.72. The molecule has 1 aromatic rings. The maximum atomic E-state index is 14.8. The van der Waals surface area contributed by atoms with Gasteiger partial charge in [-0.05, 0) is 37.7 Å². The summed E-state index contributed by atoms with van der Waals surface area (Å²) in [5, 5.41) is 10.6. The highest BCUT2D eigenvalue weighted by Crippen LogP contribution is 2.54. The van der Waals surface area contributed by atoms with Gasteiger partial charge < -0.3 is 29.3 Å². The minimum Gasteiger partial charge on any atom is -0.455 e. The van der Waals surface area contributed by atoms with Crippen molar-refractivity contribution < 1.29 is 33.8 Å². The number of esters is 1. The predicted octanol–water partition coefficient (Wildman–Crippen LogP) is 4.04. The lowest BCUT2D eigenvalue weighted by molar-refractivity contribution is -0.164. The topological polar surface area (TPSA) is 117 Å². The van der Waals surface area contributed by atoms with Crippen LogP contribution < -0.4 is 0 Å². The largest absolute Gasteiger partial charge is 0.455 e. The molecular weight excluding hydrogens is 598 g/mol. The van der Waals surface area contributed by atoms with Crippen molar-refractivity contribution in [2.75, 3.05) is 26.7 Å². The number of aliphatic hydroxyl groups excluding tert-OH is 1. The Morgan fingerprint density at radius 2 is 1.79 bits per heavy atom. The summed E-state index contributed by atoms with van der Waals surface area (Å²) in [5.74, 6) is -3.26. The average Bonchev–Trinajstić information content (AvgIpc) is 3.45. The quantitative estimate of drug-likeness (QED) is 0.244. The molecule has 0 aromatic heterocycles. The number of fused-ring (bicyclic) bond motifs is 2. The van der Waals surface area contributed by atoms with Gasteiger partial charge in [0.15, 0.2) is 0 Å². The maximum Gasteiger partial charge on any atom is 0.313 e. The van der Waals surface area contributed by atoms with Gasteiger partial charge in [0.1, 0.15) is 23.7 Å². The first-order valence-electron chi connectivity index (χ1n) is 17.3. The molecule has 47 heavy (non-hydrogen) atoms. The number of amides is 3. The van der Waals surface area contributed by atoms with Crippen LogP contribution in [0.5, 0.6) is 0 Å². The predicted molar refractivity (Wildman–Crippen MR) is 177 cm³/mol. The summed E-state index contributed by atoms with van der Waals surface area (Å²) < 4.78 is 13.2.